The molecule has 0 bridgehead atoms. The molecule has 7 nitrogen and oxygen atoms in total. The molecule has 0 aliphatic carbocycles. The quantitative estimate of drug-likeness (QED) is 0.500. The van der Waals surface area contributed by atoms with Gasteiger partial charge in [-0.15, -0.1) is 0 Å². The van der Waals surface area contributed by atoms with Gasteiger partial charge in [0.1, 0.15) is 5.69 Å². The molecule has 0 aliphatic rings. The van der Waals surface area contributed by atoms with Crippen molar-refractivity contribution in [2.24, 2.45) is 0 Å². The average molecular weight is 261 g/mol. The molecule has 1 heterocycles. The van der Waals surface area contributed by atoms with E-state index in [2.05, 4.69) is 10.4 Å². The number of hydrogen-bond donors (Lipinski definition) is 2. The summed E-state index contributed by atoms with van der Waals surface area (Å²) in [7, 11) is 0. The van der Waals surface area contributed by atoms with Crippen LogP contribution in [-0.4, -0.2) is 14.7 Å². The first kappa shape index (κ1) is 12.9. The summed E-state index contributed by atoms with van der Waals surface area (Å²) in [5.74, 6) is 0.371. The Kier molecular flexibility index (Phi) is 3.37. The van der Waals surface area contributed by atoms with E-state index in [1.165, 1.54) is 0 Å². The highest BCUT2D eigenvalue weighted by Crippen LogP contribution is 2.31. The van der Waals surface area contributed by atoms with Gasteiger partial charge in [0.2, 0.25) is 5.82 Å². The molecule has 100 valence electrons. The number of hydrogen-bond acceptors (Lipinski definition) is 5. The van der Waals surface area contributed by atoms with E-state index in [-0.39, 0.29) is 5.69 Å². The first-order valence-electron chi connectivity index (χ1n) is 5.87. The largest absolute Gasteiger partial charge is 0.399 e. The maximum atomic E-state index is 11.1. The highest BCUT2D eigenvalue weighted by molar-refractivity contribution is 5.69. The second-order valence-corrected chi connectivity index (χ2v) is 4.11. The van der Waals surface area contributed by atoms with Gasteiger partial charge in [-0.3, -0.25) is 10.1 Å². The fraction of sp³-hybridized carbons (Fsp3) is 0.250. The lowest BCUT2D eigenvalue weighted by atomic mass is 10.3. The lowest BCUT2D eigenvalue weighted by molar-refractivity contribution is -0.384. The van der Waals surface area contributed by atoms with Crippen molar-refractivity contribution in [2.45, 2.75) is 20.4 Å². The Labute approximate surface area is 110 Å². The first-order chi connectivity index (χ1) is 9.02. The van der Waals surface area contributed by atoms with Crippen molar-refractivity contribution in [3.8, 4) is 0 Å². The second kappa shape index (κ2) is 4.97. The minimum absolute atomic E-state index is 0.00993. The van der Waals surface area contributed by atoms with Crippen LogP contribution >= 0.6 is 0 Å². The summed E-state index contributed by atoms with van der Waals surface area (Å²) in [4.78, 5) is 10.7. The number of anilines is 3. The first-order valence-corrected chi connectivity index (χ1v) is 5.87. The number of benzene rings is 1. The fourth-order valence-corrected chi connectivity index (χ4v) is 1.90. The number of aryl methyl sites for hydroxylation is 2. The molecule has 0 amide bonds. The Bertz CT molecular complexity index is 621. The van der Waals surface area contributed by atoms with Crippen LogP contribution in [0.3, 0.4) is 0 Å². The van der Waals surface area contributed by atoms with Crippen molar-refractivity contribution in [1.82, 2.24) is 9.78 Å². The van der Waals surface area contributed by atoms with Crippen molar-refractivity contribution in [3.05, 3.63) is 40.1 Å². The van der Waals surface area contributed by atoms with E-state index in [4.69, 9.17) is 5.73 Å². The van der Waals surface area contributed by atoms with Gasteiger partial charge in [-0.25, -0.2) is 4.68 Å². The monoisotopic (exact) mass is 261 g/mol. The fourth-order valence-electron chi connectivity index (χ4n) is 1.90. The Hall–Kier alpha value is -2.57. The van der Waals surface area contributed by atoms with Gasteiger partial charge in [-0.1, -0.05) is 6.07 Å². The summed E-state index contributed by atoms with van der Waals surface area (Å²) in [5, 5.41) is 18.3. The number of nitrogen functional groups attached to an aromatic ring is 1. The smallest absolute Gasteiger partial charge is 0.334 e. The number of rotatable bonds is 4. The van der Waals surface area contributed by atoms with Crippen LogP contribution in [0.1, 0.15) is 12.6 Å². The molecule has 0 fully saturated rings. The number of nitrogens with zero attached hydrogens (tertiary/aromatic N) is 3. The zero-order valence-electron chi connectivity index (χ0n) is 10.8. The highest BCUT2D eigenvalue weighted by Gasteiger charge is 2.24. The Morgan fingerprint density at radius 3 is 2.84 bits per heavy atom. The summed E-state index contributed by atoms with van der Waals surface area (Å²) in [6, 6.07) is 7.04. The van der Waals surface area contributed by atoms with Crippen molar-refractivity contribution >= 4 is 22.9 Å². The molecular formula is C12H15N5O2. The second-order valence-electron chi connectivity index (χ2n) is 4.11. The van der Waals surface area contributed by atoms with Crippen molar-refractivity contribution < 1.29 is 4.92 Å². The summed E-state index contributed by atoms with van der Waals surface area (Å²) in [5.41, 5.74) is 7.35. The highest BCUT2D eigenvalue weighted by atomic mass is 16.6. The zero-order valence-corrected chi connectivity index (χ0v) is 10.8. The van der Waals surface area contributed by atoms with Gasteiger partial charge >= 0.3 is 5.69 Å². The van der Waals surface area contributed by atoms with Crippen LogP contribution in [-0.2, 0) is 6.54 Å². The molecule has 0 radical (unpaired) electrons. The molecule has 0 unspecified atom stereocenters. The van der Waals surface area contributed by atoms with Gasteiger partial charge in [0.05, 0.1) is 4.92 Å². The van der Waals surface area contributed by atoms with Gasteiger partial charge < -0.3 is 11.1 Å². The van der Waals surface area contributed by atoms with Gasteiger partial charge in [0, 0.05) is 17.9 Å². The van der Waals surface area contributed by atoms with Gasteiger partial charge in [-0.2, -0.15) is 5.10 Å². The molecule has 0 spiro atoms. The number of nitrogens with two attached hydrogens (primary N) is 1. The van der Waals surface area contributed by atoms with Crippen LogP contribution in [0, 0.1) is 17.0 Å². The predicted octanol–water partition coefficient (Wildman–Crippen LogP) is 2.45. The number of aromatic nitrogens is 2. The molecule has 0 aliphatic heterocycles. The summed E-state index contributed by atoms with van der Waals surface area (Å²) in [6.07, 6.45) is 0. The van der Waals surface area contributed by atoms with E-state index < -0.39 is 4.92 Å². The molecule has 0 saturated heterocycles. The van der Waals surface area contributed by atoms with E-state index in [0.29, 0.717) is 29.4 Å². The Morgan fingerprint density at radius 2 is 2.26 bits per heavy atom. The summed E-state index contributed by atoms with van der Waals surface area (Å²) in [6.45, 7) is 4.04. The van der Waals surface area contributed by atoms with E-state index in [9.17, 15) is 10.1 Å². The molecule has 19 heavy (non-hydrogen) atoms. The van der Waals surface area contributed by atoms with Crippen LogP contribution in [0.25, 0.3) is 0 Å². The molecule has 2 aromatic rings. The van der Waals surface area contributed by atoms with E-state index in [1.807, 2.05) is 6.92 Å². The molecule has 0 atom stereocenters. The zero-order chi connectivity index (χ0) is 14.0. The van der Waals surface area contributed by atoms with Gasteiger partial charge in [0.25, 0.3) is 0 Å². The standard InChI is InChI=1S/C12H15N5O2/c1-3-16-12(11(17(18)19)8(2)15-16)14-10-6-4-5-9(13)7-10/h4-7,14H,3,13H2,1-2H3. The van der Waals surface area contributed by atoms with Gasteiger partial charge in [0.15, 0.2) is 0 Å². The van der Waals surface area contributed by atoms with E-state index >= 15 is 0 Å². The third-order valence-corrected chi connectivity index (χ3v) is 2.73. The molecular weight excluding hydrogens is 246 g/mol. The average Bonchev–Trinajstić information content (AvgIpc) is 2.65. The molecule has 1 aromatic heterocycles. The maximum Gasteiger partial charge on any atom is 0.334 e. The molecule has 7 heteroatoms. The maximum absolute atomic E-state index is 11.1. The van der Waals surface area contributed by atoms with Crippen LogP contribution < -0.4 is 11.1 Å². The third kappa shape index (κ3) is 2.49. The predicted molar refractivity (Wildman–Crippen MR) is 73.4 cm³/mol. The van der Waals surface area contributed by atoms with Crippen molar-refractivity contribution in [1.29, 1.82) is 0 Å². The van der Waals surface area contributed by atoms with Crippen LogP contribution in [0.15, 0.2) is 24.3 Å². The van der Waals surface area contributed by atoms with Crippen LogP contribution in [0.2, 0.25) is 0 Å². The molecule has 2 rings (SSSR count). The normalized spacial score (nSPS) is 10.4. The number of nitrogens with one attached hydrogen (secondary N) is 1. The summed E-state index contributed by atoms with van der Waals surface area (Å²) >= 11 is 0. The Balaban J connectivity index is 2.46. The third-order valence-electron chi connectivity index (χ3n) is 2.73. The minimum atomic E-state index is -0.427. The molecule has 3 N–H and O–H groups in total. The van der Waals surface area contributed by atoms with Crippen LogP contribution in [0.4, 0.5) is 22.9 Å². The minimum Gasteiger partial charge on any atom is -0.399 e. The van der Waals surface area contributed by atoms with Crippen molar-refractivity contribution in [2.75, 3.05) is 11.1 Å². The lowest BCUT2D eigenvalue weighted by Crippen LogP contribution is -2.04. The summed E-state index contributed by atoms with van der Waals surface area (Å²) < 4.78 is 1.57. The topological polar surface area (TPSA) is 99.0 Å². The lowest BCUT2D eigenvalue weighted by Gasteiger charge is -2.08. The van der Waals surface area contributed by atoms with Crippen LogP contribution in [0.5, 0.6) is 0 Å². The van der Waals surface area contributed by atoms with Gasteiger partial charge in [-0.05, 0) is 32.0 Å². The van der Waals surface area contributed by atoms with E-state index in [1.54, 1.807) is 35.9 Å². The number of nitro groups is 1. The van der Waals surface area contributed by atoms with E-state index in [0.717, 1.165) is 0 Å². The molecule has 1 aromatic carbocycles. The molecule has 0 saturated carbocycles. The SMILES string of the molecule is CCn1nc(C)c([N+](=O)[O-])c1Nc1cccc(N)c1. The van der Waals surface area contributed by atoms with Crippen molar-refractivity contribution in [3.63, 3.8) is 0 Å². The Morgan fingerprint density at radius 1 is 1.53 bits per heavy atom.